The second-order valence-electron chi connectivity index (χ2n) is 3.17. The van der Waals surface area contributed by atoms with Crippen LogP contribution in [-0.4, -0.2) is 14.8 Å². The number of aromatic nitrogens is 3. The molecule has 14 heavy (non-hydrogen) atoms. The molecule has 2 rings (SSSR count). The zero-order valence-electron chi connectivity index (χ0n) is 8.22. The Morgan fingerprint density at radius 3 is 2.93 bits per heavy atom. The molecule has 2 aromatic heterocycles. The molecule has 3 nitrogen and oxygen atoms in total. The van der Waals surface area contributed by atoms with Crippen molar-refractivity contribution in [3.63, 3.8) is 0 Å². The van der Waals surface area contributed by atoms with Crippen LogP contribution >= 0.6 is 0 Å². The Morgan fingerprint density at radius 1 is 1.29 bits per heavy atom. The fourth-order valence-electron chi connectivity index (χ4n) is 1.50. The summed E-state index contributed by atoms with van der Waals surface area (Å²) in [6.07, 6.45) is 6.57. The highest BCUT2D eigenvalue weighted by Crippen LogP contribution is 2.07. The van der Waals surface area contributed by atoms with Crippen molar-refractivity contribution in [2.75, 3.05) is 0 Å². The van der Waals surface area contributed by atoms with Gasteiger partial charge in [0, 0.05) is 24.3 Å². The van der Waals surface area contributed by atoms with Gasteiger partial charge in [0.1, 0.15) is 0 Å². The van der Waals surface area contributed by atoms with Gasteiger partial charge in [-0.05, 0) is 24.1 Å². The van der Waals surface area contributed by atoms with Crippen LogP contribution in [0.4, 0.5) is 0 Å². The first-order chi connectivity index (χ1) is 6.90. The Labute approximate surface area is 83.4 Å². The highest BCUT2D eigenvalue weighted by Gasteiger charge is 2.01. The number of aryl methyl sites for hydroxylation is 1. The molecule has 0 atom stereocenters. The maximum absolute atomic E-state index is 4.34. The molecule has 0 N–H and O–H groups in total. The van der Waals surface area contributed by atoms with Crippen molar-refractivity contribution in [2.45, 2.75) is 19.9 Å². The molecule has 0 fully saturated rings. The lowest BCUT2D eigenvalue weighted by atomic mass is 10.1. The van der Waals surface area contributed by atoms with Gasteiger partial charge in [-0.15, -0.1) is 0 Å². The topological polar surface area (TPSA) is 30.7 Å². The maximum Gasteiger partial charge on any atom is 0.0677 e. The van der Waals surface area contributed by atoms with Gasteiger partial charge in [0.2, 0.25) is 0 Å². The zero-order valence-corrected chi connectivity index (χ0v) is 8.22. The molecule has 0 spiro atoms. The Balaban J connectivity index is 2.24. The van der Waals surface area contributed by atoms with Crippen molar-refractivity contribution in [3.8, 4) is 0 Å². The van der Waals surface area contributed by atoms with Gasteiger partial charge in [-0.25, -0.2) is 0 Å². The summed E-state index contributed by atoms with van der Waals surface area (Å²) in [4.78, 5) is 4.34. The average Bonchev–Trinajstić information content (AvgIpc) is 2.71. The van der Waals surface area contributed by atoms with Crippen molar-refractivity contribution < 1.29 is 0 Å². The van der Waals surface area contributed by atoms with Gasteiger partial charge in [0.15, 0.2) is 0 Å². The van der Waals surface area contributed by atoms with E-state index in [1.807, 2.05) is 29.2 Å². The second kappa shape index (κ2) is 4.05. The quantitative estimate of drug-likeness (QED) is 0.734. The van der Waals surface area contributed by atoms with Gasteiger partial charge < -0.3 is 0 Å². The summed E-state index contributed by atoms with van der Waals surface area (Å²) in [5.41, 5.74) is 2.40. The Morgan fingerprint density at radius 2 is 2.21 bits per heavy atom. The minimum atomic E-state index is 0.810. The summed E-state index contributed by atoms with van der Waals surface area (Å²) in [7, 11) is 0. The third kappa shape index (κ3) is 1.82. The molecule has 0 saturated carbocycles. The zero-order chi connectivity index (χ0) is 9.80. The fourth-order valence-corrected chi connectivity index (χ4v) is 1.50. The van der Waals surface area contributed by atoms with Crippen molar-refractivity contribution in [1.82, 2.24) is 14.8 Å². The molecule has 0 bridgehead atoms. The number of hydrogen-bond acceptors (Lipinski definition) is 2. The molecule has 0 aliphatic carbocycles. The van der Waals surface area contributed by atoms with Crippen molar-refractivity contribution in [1.29, 1.82) is 0 Å². The molecule has 72 valence electrons. The fraction of sp³-hybridized carbons (Fsp3) is 0.273. The van der Waals surface area contributed by atoms with Crippen LogP contribution in [0.15, 0.2) is 36.8 Å². The standard InChI is InChI=1S/C11H13N3/c1-2-11-10(5-3-6-12-11)9-14-8-4-7-13-14/h3-8H,2,9H2,1H3. The molecule has 2 heterocycles. The molecule has 2 aromatic rings. The summed E-state index contributed by atoms with van der Waals surface area (Å²) in [5.74, 6) is 0. The van der Waals surface area contributed by atoms with E-state index in [0.29, 0.717) is 0 Å². The van der Waals surface area contributed by atoms with Crippen LogP contribution < -0.4 is 0 Å². The third-order valence-electron chi connectivity index (χ3n) is 2.21. The van der Waals surface area contributed by atoms with Gasteiger partial charge in [-0.3, -0.25) is 9.67 Å². The Bertz CT molecular complexity index is 393. The van der Waals surface area contributed by atoms with Gasteiger partial charge in [0.05, 0.1) is 6.54 Å². The Kier molecular flexibility index (Phi) is 2.58. The predicted molar refractivity (Wildman–Crippen MR) is 54.9 cm³/mol. The molecule has 0 aliphatic heterocycles. The summed E-state index contributed by atoms with van der Waals surface area (Å²) >= 11 is 0. The van der Waals surface area contributed by atoms with Crippen LogP contribution in [0.1, 0.15) is 18.2 Å². The van der Waals surface area contributed by atoms with E-state index >= 15 is 0 Å². The van der Waals surface area contributed by atoms with Crippen LogP contribution in [0.25, 0.3) is 0 Å². The van der Waals surface area contributed by atoms with Crippen molar-refractivity contribution in [2.24, 2.45) is 0 Å². The van der Waals surface area contributed by atoms with E-state index < -0.39 is 0 Å². The van der Waals surface area contributed by atoms with E-state index in [1.165, 1.54) is 5.56 Å². The molecule has 0 aromatic carbocycles. The van der Waals surface area contributed by atoms with E-state index in [1.54, 1.807) is 6.20 Å². The number of hydrogen-bond donors (Lipinski definition) is 0. The predicted octanol–water partition coefficient (Wildman–Crippen LogP) is 1.89. The first-order valence-electron chi connectivity index (χ1n) is 4.80. The first kappa shape index (κ1) is 8.94. The van der Waals surface area contributed by atoms with Crippen molar-refractivity contribution in [3.05, 3.63) is 48.0 Å². The molecule has 0 unspecified atom stereocenters. The molecule has 0 radical (unpaired) electrons. The Hall–Kier alpha value is -1.64. The van der Waals surface area contributed by atoms with Gasteiger partial charge in [-0.2, -0.15) is 5.10 Å². The van der Waals surface area contributed by atoms with E-state index in [2.05, 4.69) is 23.1 Å². The van der Waals surface area contributed by atoms with Crippen LogP contribution in [0.5, 0.6) is 0 Å². The molecular formula is C11H13N3. The van der Waals surface area contributed by atoms with Crippen LogP contribution in [0, 0.1) is 0 Å². The lowest BCUT2D eigenvalue weighted by Crippen LogP contribution is -2.04. The highest BCUT2D eigenvalue weighted by atomic mass is 15.3. The maximum atomic E-state index is 4.34. The first-order valence-corrected chi connectivity index (χ1v) is 4.80. The molecule has 0 amide bonds. The number of rotatable bonds is 3. The second-order valence-corrected chi connectivity index (χ2v) is 3.17. The number of pyridine rings is 1. The summed E-state index contributed by atoms with van der Waals surface area (Å²) in [5, 5.41) is 4.18. The largest absolute Gasteiger partial charge is 0.268 e. The molecule has 0 aliphatic rings. The van der Waals surface area contributed by atoms with Gasteiger partial charge in [0.25, 0.3) is 0 Å². The van der Waals surface area contributed by atoms with Gasteiger partial charge in [-0.1, -0.05) is 13.0 Å². The average molecular weight is 187 g/mol. The van der Waals surface area contributed by atoms with E-state index in [-0.39, 0.29) is 0 Å². The lowest BCUT2D eigenvalue weighted by Gasteiger charge is -2.06. The summed E-state index contributed by atoms with van der Waals surface area (Å²) < 4.78 is 1.91. The minimum Gasteiger partial charge on any atom is -0.268 e. The van der Waals surface area contributed by atoms with Crippen LogP contribution in [-0.2, 0) is 13.0 Å². The molecule has 3 heteroatoms. The van der Waals surface area contributed by atoms with Crippen molar-refractivity contribution >= 4 is 0 Å². The SMILES string of the molecule is CCc1ncccc1Cn1cccn1. The number of nitrogens with zero attached hydrogens (tertiary/aromatic N) is 3. The third-order valence-corrected chi connectivity index (χ3v) is 2.21. The van der Waals surface area contributed by atoms with Gasteiger partial charge >= 0.3 is 0 Å². The summed E-state index contributed by atoms with van der Waals surface area (Å²) in [6, 6.07) is 6.01. The van der Waals surface area contributed by atoms with Crippen LogP contribution in [0.3, 0.4) is 0 Å². The van der Waals surface area contributed by atoms with Crippen LogP contribution in [0.2, 0.25) is 0 Å². The highest BCUT2D eigenvalue weighted by molar-refractivity contribution is 5.19. The lowest BCUT2D eigenvalue weighted by molar-refractivity contribution is 0.677. The van der Waals surface area contributed by atoms with E-state index in [0.717, 1.165) is 18.7 Å². The van der Waals surface area contributed by atoms with E-state index in [4.69, 9.17) is 0 Å². The smallest absolute Gasteiger partial charge is 0.0677 e. The monoisotopic (exact) mass is 187 g/mol. The van der Waals surface area contributed by atoms with E-state index in [9.17, 15) is 0 Å². The molecular weight excluding hydrogens is 174 g/mol. The summed E-state index contributed by atoms with van der Waals surface area (Å²) in [6.45, 7) is 2.93. The normalized spacial score (nSPS) is 10.4. The molecule has 0 saturated heterocycles. The minimum absolute atomic E-state index is 0.810.